The monoisotopic (exact) mass is 434 g/mol. The molecule has 4 saturated heterocycles. The molecule has 1 aromatic heterocycles. The zero-order chi connectivity index (χ0) is 21.8. The van der Waals surface area contributed by atoms with Crippen molar-refractivity contribution in [2.75, 3.05) is 5.32 Å². The van der Waals surface area contributed by atoms with E-state index in [1.54, 1.807) is 0 Å². The van der Waals surface area contributed by atoms with Gasteiger partial charge in [-0.1, -0.05) is 13.8 Å². The lowest BCUT2D eigenvalue weighted by Gasteiger charge is -2.60. The first-order valence-corrected chi connectivity index (χ1v) is 11.4. The molecule has 6 rings (SSSR count). The molecule has 0 radical (unpaired) electrons. The average Bonchev–Trinajstić information content (AvgIpc) is 2.97. The average molecular weight is 435 g/mol. The minimum absolute atomic E-state index is 0.117. The molecule has 1 unspecified atom stereocenters. The van der Waals surface area contributed by atoms with Crippen LogP contribution in [-0.4, -0.2) is 34.7 Å². The van der Waals surface area contributed by atoms with Crippen molar-refractivity contribution in [3.63, 3.8) is 0 Å². The summed E-state index contributed by atoms with van der Waals surface area (Å²) in [5.41, 5.74) is -0.579. The summed E-state index contributed by atoms with van der Waals surface area (Å²) in [5, 5.41) is 2.72. The maximum absolute atomic E-state index is 13.0. The number of carbonyl (C=O) groups is 1. The van der Waals surface area contributed by atoms with Crippen molar-refractivity contribution >= 4 is 11.7 Å². The second-order valence-corrected chi connectivity index (χ2v) is 9.89. The van der Waals surface area contributed by atoms with Gasteiger partial charge in [0.2, 0.25) is 11.7 Å². The molecule has 2 bridgehead atoms. The third kappa shape index (κ3) is 3.57. The largest absolute Gasteiger partial charge is 0.346 e. The lowest BCUT2D eigenvalue weighted by Crippen LogP contribution is -2.70. The number of fused-ring (bicyclic) bond motifs is 2. The molecule has 0 aromatic carbocycles. The Kier molecular flexibility index (Phi) is 5.32. The van der Waals surface area contributed by atoms with Gasteiger partial charge in [-0.05, 0) is 62.5 Å². The molecule has 8 atom stereocenters. The fourth-order valence-corrected chi connectivity index (χ4v) is 6.24. The van der Waals surface area contributed by atoms with Gasteiger partial charge < -0.3 is 14.8 Å². The molecule has 5 heterocycles. The van der Waals surface area contributed by atoms with Gasteiger partial charge in [0.25, 0.3) is 0 Å². The van der Waals surface area contributed by atoms with Gasteiger partial charge in [0, 0.05) is 18.8 Å². The molecule has 7 nitrogen and oxygen atoms in total. The maximum atomic E-state index is 13.0. The van der Waals surface area contributed by atoms with Crippen LogP contribution in [0.15, 0.2) is 18.3 Å². The Morgan fingerprint density at radius 1 is 1.23 bits per heavy atom. The van der Waals surface area contributed by atoms with Gasteiger partial charge in [0.1, 0.15) is 11.6 Å². The van der Waals surface area contributed by atoms with Crippen LogP contribution in [0.5, 0.6) is 0 Å². The summed E-state index contributed by atoms with van der Waals surface area (Å²) in [6.07, 6.45) is 5.29. The van der Waals surface area contributed by atoms with Crippen molar-refractivity contribution in [3.05, 3.63) is 24.1 Å². The zero-order valence-electron chi connectivity index (χ0n) is 18.3. The lowest BCUT2D eigenvalue weighted by molar-refractivity contribution is -0.571. The number of amides is 1. The fourth-order valence-electron chi connectivity index (χ4n) is 6.24. The smallest absolute Gasteiger partial charge is 0.225 e. The van der Waals surface area contributed by atoms with Crippen LogP contribution >= 0.6 is 0 Å². The van der Waals surface area contributed by atoms with E-state index in [4.69, 9.17) is 19.2 Å². The number of hydrogen-bond donors (Lipinski definition) is 1. The summed E-state index contributed by atoms with van der Waals surface area (Å²) in [7, 11) is 0. The highest BCUT2D eigenvalue weighted by atomic mass is 19.1. The van der Waals surface area contributed by atoms with Gasteiger partial charge in [0.05, 0.1) is 12.3 Å². The number of nitrogens with zero attached hydrogens (tertiary/aromatic N) is 1. The summed E-state index contributed by atoms with van der Waals surface area (Å²) in [4.78, 5) is 28.3. The number of hydrogen-bond acceptors (Lipinski definition) is 6. The van der Waals surface area contributed by atoms with Crippen molar-refractivity contribution < 1.29 is 28.4 Å². The Hall–Kier alpha value is -1.61. The van der Waals surface area contributed by atoms with E-state index in [0.717, 1.165) is 31.9 Å². The van der Waals surface area contributed by atoms with Crippen molar-refractivity contribution in [3.8, 4) is 0 Å². The van der Waals surface area contributed by atoms with Crippen LogP contribution in [0.2, 0.25) is 0 Å². The Morgan fingerprint density at radius 3 is 2.84 bits per heavy atom. The fraction of sp³-hybridized carbons (Fsp3) is 0.739. The molecular formula is C23H31FN2O5. The van der Waals surface area contributed by atoms with Crippen molar-refractivity contribution in [1.29, 1.82) is 0 Å². The molecule has 8 heteroatoms. The van der Waals surface area contributed by atoms with Gasteiger partial charge >= 0.3 is 0 Å². The second-order valence-electron chi connectivity index (χ2n) is 9.89. The normalized spacial score (nSPS) is 43.7. The number of halogens is 1. The summed E-state index contributed by atoms with van der Waals surface area (Å²) in [6, 6.07) is 2.73. The van der Waals surface area contributed by atoms with E-state index in [9.17, 15) is 9.18 Å². The summed E-state index contributed by atoms with van der Waals surface area (Å²) < 4.78 is 25.9. The summed E-state index contributed by atoms with van der Waals surface area (Å²) >= 11 is 0. The van der Waals surface area contributed by atoms with Gasteiger partial charge in [-0.2, -0.15) is 0 Å². The van der Waals surface area contributed by atoms with Crippen molar-refractivity contribution in [1.82, 2.24) is 4.98 Å². The van der Waals surface area contributed by atoms with E-state index in [2.05, 4.69) is 24.1 Å². The van der Waals surface area contributed by atoms with Crippen LogP contribution in [0.4, 0.5) is 10.2 Å². The van der Waals surface area contributed by atoms with E-state index >= 15 is 0 Å². The Bertz CT molecular complexity index is 838. The Morgan fingerprint density at radius 2 is 2.06 bits per heavy atom. The van der Waals surface area contributed by atoms with Crippen LogP contribution in [0.25, 0.3) is 0 Å². The molecule has 170 valence electrons. The number of carbonyl (C=O) groups excluding carboxylic acids is 1. The number of aromatic nitrogens is 1. The third-order valence-electron chi connectivity index (χ3n) is 7.95. The zero-order valence-corrected chi connectivity index (χ0v) is 18.3. The molecule has 1 amide bonds. The van der Waals surface area contributed by atoms with Gasteiger partial charge in [-0.25, -0.2) is 19.1 Å². The highest BCUT2D eigenvalue weighted by Gasteiger charge is 2.69. The van der Waals surface area contributed by atoms with Crippen LogP contribution in [0, 0.1) is 29.5 Å². The minimum atomic E-state index is -0.797. The molecule has 1 aliphatic carbocycles. The molecule has 1 saturated carbocycles. The van der Waals surface area contributed by atoms with E-state index in [1.807, 2.05) is 6.92 Å². The molecule has 5 fully saturated rings. The summed E-state index contributed by atoms with van der Waals surface area (Å²) in [5.74, 6) is 0.252. The highest BCUT2D eigenvalue weighted by molar-refractivity contribution is 5.89. The molecule has 1 aromatic rings. The molecule has 4 aliphatic heterocycles. The second kappa shape index (κ2) is 7.76. The van der Waals surface area contributed by atoms with E-state index in [-0.39, 0.29) is 30.3 Å². The predicted molar refractivity (Wildman–Crippen MR) is 109 cm³/mol. The number of anilines is 1. The standard InChI is InChI=1S/C23H31FN2O5/c1-13-4-6-17-14(2)18(7-9-20(27)26-19-8-5-15(24)12-25-19)28-21-23(17)16(13)10-11-22(3,29-21)30-31-23/h5,8,12-14,16-18,21H,4,6-7,9-11H2,1-3H3,(H,25,26,27)/t13-,14-,16+,17+,18-,21-,22?,23-/m1/s1. The number of rotatable bonds is 4. The Labute approximate surface area is 181 Å². The van der Waals surface area contributed by atoms with Gasteiger partial charge in [-0.15, -0.1) is 0 Å². The van der Waals surface area contributed by atoms with Crippen LogP contribution in [0.3, 0.4) is 0 Å². The first kappa shape index (κ1) is 21.2. The topological polar surface area (TPSA) is 78.9 Å². The van der Waals surface area contributed by atoms with Crippen LogP contribution in [0.1, 0.15) is 59.3 Å². The molecular weight excluding hydrogens is 403 g/mol. The molecule has 5 aliphatic rings. The molecule has 31 heavy (non-hydrogen) atoms. The lowest BCUT2D eigenvalue weighted by atomic mass is 9.57. The summed E-state index contributed by atoms with van der Waals surface area (Å²) in [6.45, 7) is 6.40. The first-order valence-electron chi connectivity index (χ1n) is 11.4. The van der Waals surface area contributed by atoms with E-state index < -0.39 is 23.5 Å². The first-order chi connectivity index (χ1) is 14.8. The number of pyridine rings is 1. The van der Waals surface area contributed by atoms with Crippen LogP contribution in [-0.2, 0) is 24.0 Å². The van der Waals surface area contributed by atoms with Crippen molar-refractivity contribution in [2.24, 2.45) is 23.7 Å². The third-order valence-corrected chi connectivity index (χ3v) is 7.95. The quantitative estimate of drug-likeness (QED) is 0.716. The van der Waals surface area contributed by atoms with Gasteiger partial charge in [-0.3, -0.25) is 4.79 Å². The minimum Gasteiger partial charge on any atom is -0.346 e. The molecule has 1 N–H and O–H groups in total. The van der Waals surface area contributed by atoms with Crippen molar-refractivity contribution in [2.45, 2.75) is 83.1 Å². The molecule has 1 spiro atoms. The highest BCUT2D eigenvalue weighted by Crippen LogP contribution is 2.60. The van der Waals surface area contributed by atoms with E-state index in [1.165, 1.54) is 12.1 Å². The van der Waals surface area contributed by atoms with Crippen LogP contribution < -0.4 is 5.32 Å². The predicted octanol–water partition coefficient (Wildman–Crippen LogP) is 4.19. The van der Waals surface area contributed by atoms with Gasteiger partial charge in [0.15, 0.2) is 11.9 Å². The maximum Gasteiger partial charge on any atom is 0.225 e. The Balaban J connectivity index is 1.30. The number of ether oxygens (including phenoxy) is 2. The SMILES string of the molecule is C[C@H]1[C@@H](CCC(=O)Nc2ccc(F)cn2)O[C@@H]2OC3(C)CC[C@H]4[C@H](C)CC[C@@H]1[C@@]24OO3. The van der Waals surface area contributed by atoms with E-state index in [0.29, 0.717) is 24.1 Å². The number of nitrogens with one attached hydrogen (secondary N) is 1.